The molecule has 1 N–H and O–H groups in total. The quantitative estimate of drug-likeness (QED) is 0.813. The zero-order valence-corrected chi connectivity index (χ0v) is 10.5. The highest BCUT2D eigenvalue weighted by atomic mass is 15.0. The largest absolute Gasteiger partial charge is 0.331 e. The van der Waals surface area contributed by atoms with Crippen molar-refractivity contribution in [1.82, 2.24) is 14.9 Å². The van der Waals surface area contributed by atoms with E-state index in [0.717, 1.165) is 30.3 Å². The second-order valence-electron chi connectivity index (χ2n) is 4.99. The number of nitrogens with one attached hydrogen (secondary N) is 1. The molecule has 0 aliphatic carbocycles. The van der Waals surface area contributed by atoms with Crippen LogP contribution in [0.4, 0.5) is 0 Å². The summed E-state index contributed by atoms with van der Waals surface area (Å²) in [4.78, 5) is 4.55. The van der Waals surface area contributed by atoms with Gasteiger partial charge in [-0.1, -0.05) is 6.07 Å². The predicted octanol–water partition coefficient (Wildman–Crippen LogP) is 2.35. The van der Waals surface area contributed by atoms with Crippen molar-refractivity contribution in [2.24, 2.45) is 7.05 Å². The van der Waals surface area contributed by atoms with Gasteiger partial charge in [-0.25, -0.2) is 4.98 Å². The van der Waals surface area contributed by atoms with E-state index in [1.54, 1.807) is 0 Å². The third-order valence-electron chi connectivity index (χ3n) is 3.94. The zero-order chi connectivity index (χ0) is 11.8. The van der Waals surface area contributed by atoms with Crippen LogP contribution < -0.4 is 5.32 Å². The summed E-state index contributed by atoms with van der Waals surface area (Å²) in [5.74, 6) is 1.80. The lowest BCUT2D eigenvalue weighted by Gasteiger charge is -2.23. The summed E-state index contributed by atoms with van der Waals surface area (Å²) in [7, 11) is 2.09. The number of aryl methyl sites for hydroxylation is 2. The number of aromatic nitrogens is 2. The minimum absolute atomic E-state index is 0.718. The molecule has 1 fully saturated rings. The molecule has 3 heteroatoms. The van der Waals surface area contributed by atoms with E-state index >= 15 is 0 Å². The molecule has 0 spiro atoms. The first kappa shape index (κ1) is 10.8. The van der Waals surface area contributed by atoms with Crippen LogP contribution in [0.5, 0.6) is 0 Å². The molecule has 3 rings (SSSR count). The molecule has 2 heterocycles. The number of benzene rings is 1. The van der Waals surface area contributed by atoms with Gasteiger partial charge in [0.25, 0.3) is 0 Å². The summed E-state index contributed by atoms with van der Waals surface area (Å²) in [6.07, 6.45) is 2.50. The summed E-state index contributed by atoms with van der Waals surface area (Å²) in [5.41, 5.74) is 3.85. The lowest BCUT2D eigenvalue weighted by Crippen LogP contribution is -2.26. The number of nitrogens with zero attached hydrogens (tertiary/aromatic N) is 2. The standard InChI is InChI=1S/C14H19N3/c1-10-16-13-4-3-12(9-14(13)17(10)2)11-5-7-15-8-6-11/h3-4,9,11,15H,5-8H2,1-2H3. The molecule has 0 saturated carbocycles. The Hall–Kier alpha value is -1.35. The molecule has 1 aliphatic rings. The molecule has 90 valence electrons. The van der Waals surface area contributed by atoms with Crippen molar-refractivity contribution < 1.29 is 0 Å². The maximum Gasteiger partial charge on any atom is 0.106 e. The highest BCUT2D eigenvalue weighted by Gasteiger charge is 2.16. The van der Waals surface area contributed by atoms with Gasteiger partial charge in [-0.05, 0) is 56.5 Å². The summed E-state index contributed by atoms with van der Waals surface area (Å²) < 4.78 is 2.18. The Morgan fingerprint density at radius 2 is 2.06 bits per heavy atom. The molecule has 1 saturated heterocycles. The van der Waals surface area contributed by atoms with Crippen molar-refractivity contribution in [3.8, 4) is 0 Å². The molecular formula is C14H19N3. The zero-order valence-electron chi connectivity index (χ0n) is 10.5. The average Bonchev–Trinajstić information content (AvgIpc) is 2.66. The third kappa shape index (κ3) is 1.84. The van der Waals surface area contributed by atoms with E-state index in [0.29, 0.717) is 0 Å². The molecule has 0 radical (unpaired) electrons. The fourth-order valence-electron chi connectivity index (χ4n) is 2.74. The van der Waals surface area contributed by atoms with Gasteiger partial charge in [-0.3, -0.25) is 0 Å². The lowest BCUT2D eigenvalue weighted by atomic mass is 9.90. The van der Waals surface area contributed by atoms with Crippen molar-refractivity contribution in [1.29, 1.82) is 0 Å². The topological polar surface area (TPSA) is 29.9 Å². The summed E-state index contributed by atoms with van der Waals surface area (Å²) in [6.45, 7) is 4.35. The Balaban J connectivity index is 2.02. The van der Waals surface area contributed by atoms with E-state index in [1.165, 1.54) is 23.9 Å². The van der Waals surface area contributed by atoms with Gasteiger partial charge in [0.1, 0.15) is 5.82 Å². The van der Waals surface area contributed by atoms with Gasteiger partial charge in [0.2, 0.25) is 0 Å². The molecular weight excluding hydrogens is 210 g/mol. The van der Waals surface area contributed by atoms with Gasteiger partial charge >= 0.3 is 0 Å². The second-order valence-corrected chi connectivity index (χ2v) is 4.99. The molecule has 0 unspecified atom stereocenters. The SMILES string of the molecule is Cc1nc2ccc(C3CCNCC3)cc2n1C. The minimum Gasteiger partial charge on any atom is -0.331 e. The number of imidazole rings is 1. The van der Waals surface area contributed by atoms with Crippen molar-refractivity contribution in [2.45, 2.75) is 25.7 Å². The van der Waals surface area contributed by atoms with E-state index in [4.69, 9.17) is 0 Å². The molecule has 1 aliphatic heterocycles. The highest BCUT2D eigenvalue weighted by Crippen LogP contribution is 2.27. The monoisotopic (exact) mass is 229 g/mol. The van der Waals surface area contributed by atoms with Crippen LogP contribution in [0.3, 0.4) is 0 Å². The van der Waals surface area contributed by atoms with Crippen molar-refractivity contribution >= 4 is 11.0 Å². The van der Waals surface area contributed by atoms with E-state index in [1.807, 2.05) is 0 Å². The third-order valence-corrected chi connectivity index (χ3v) is 3.94. The molecule has 17 heavy (non-hydrogen) atoms. The van der Waals surface area contributed by atoms with Gasteiger partial charge < -0.3 is 9.88 Å². The molecule has 3 nitrogen and oxygen atoms in total. The maximum absolute atomic E-state index is 4.55. The van der Waals surface area contributed by atoms with Crippen molar-refractivity contribution in [2.75, 3.05) is 13.1 Å². The second kappa shape index (κ2) is 4.15. The number of piperidine rings is 1. The molecule has 0 amide bonds. The van der Waals surface area contributed by atoms with E-state index in [2.05, 4.69) is 47.0 Å². The fourth-order valence-corrected chi connectivity index (χ4v) is 2.74. The smallest absolute Gasteiger partial charge is 0.106 e. The number of hydrogen-bond donors (Lipinski definition) is 1. The molecule has 0 bridgehead atoms. The average molecular weight is 229 g/mol. The Bertz CT molecular complexity index is 536. The van der Waals surface area contributed by atoms with E-state index < -0.39 is 0 Å². The van der Waals surface area contributed by atoms with Crippen LogP contribution in [0.15, 0.2) is 18.2 Å². The Morgan fingerprint density at radius 3 is 2.82 bits per heavy atom. The van der Waals surface area contributed by atoms with Gasteiger partial charge in [-0.2, -0.15) is 0 Å². The first-order valence-electron chi connectivity index (χ1n) is 6.39. The lowest BCUT2D eigenvalue weighted by molar-refractivity contribution is 0.460. The van der Waals surface area contributed by atoms with Gasteiger partial charge in [-0.15, -0.1) is 0 Å². The fraction of sp³-hybridized carbons (Fsp3) is 0.500. The van der Waals surface area contributed by atoms with Gasteiger partial charge in [0.15, 0.2) is 0 Å². The van der Waals surface area contributed by atoms with Crippen LogP contribution in [-0.4, -0.2) is 22.6 Å². The van der Waals surface area contributed by atoms with Crippen LogP contribution >= 0.6 is 0 Å². The number of fused-ring (bicyclic) bond motifs is 1. The Morgan fingerprint density at radius 1 is 1.29 bits per heavy atom. The molecule has 1 aromatic heterocycles. The predicted molar refractivity (Wildman–Crippen MR) is 70.3 cm³/mol. The van der Waals surface area contributed by atoms with E-state index in [9.17, 15) is 0 Å². The van der Waals surface area contributed by atoms with E-state index in [-0.39, 0.29) is 0 Å². The summed E-state index contributed by atoms with van der Waals surface area (Å²) >= 11 is 0. The first-order chi connectivity index (χ1) is 8.25. The Kier molecular flexibility index (Phi) is 2.63. The van der Waals surface area contributed by atoms with Crippen LogP contribution in [-0.2, 0) is 7.05 Å². The van der Waals surface area contributed by atoms with Crippen LogP contribution in [0.1, 0.15) is 30.1 Å². The van der Waals surface area contributed by atoms with Crippen LogP contribution in [0.2, 0.25) is 0 Å². The Labute approximate surface area is 102 Å². The normalized spacial score (nSPS) is 17.8. The maximum atomic E-state index is 4.55. The first-order valence-corrected chi connectivity index (χ1v) is 6.39. The molecule has 1 aromatic carbocycles. The van der Waals surface area contributed by atoms with Crippen LogP contribution in [0, 0.1) is 6.92 Å². The van der Waals surface area contributed by atoms with Gasteiger partial charge in [0.05, 0.1) is 11.0 Å². The molecule has 0 atom stereocenters. The van der Waals surface area contributed by atoms with Crippen molar-refractivity contribution in [3.05, 3.63) is 29.6 Å². The van der Waals surface area contributed by atoms with Gasteiger partial charge in [0, 0.05) is 7.05 Å². The number of hydrogen-bond acceptors (Lipinski definition) is 2. The van der Waals surface area contributed by atoms with Crippen LogP contribution in [0.25, 0.3) is 11.0 Å². The number of rotatable bonds is 1. The minimum atomic E-state index is 0.718. The van der Waals surface area contributed by atoms with Crippen molar-refractivity contribution in [3.63, 3.8) is 0 Å². The summed E-state index contributed by atoms with van der Waals surface area (Å²) in [5, 5.41) is 3.42. The highest BCUT2D eigenvalue weighted by molar-refractivity contribution is 5.77. The molecule has 2 aromatic rings. The summed E-state index contributed by atoms with van der Waals surface area (Å²) in [6, 6.07) is 6.75.